The zero-order valence-corrected chi connectivity index (χ0v) is 13.5. The molecular weight excluding hydrogens is 282 g/mol. The van der Waals surface area contributed by atoms with Gasteiger partial charge in [0.25, 0.3) is 0 Å². The Kier molecular flexibility index (Phi) is 5.27. The minimum atomic E-state index is -0.147. The number of nitrogens with two attached hydrogens (primary N) is 1. The van der Waals surface area contributed by atoms with Crippen LogP contribution in [0.1, 0.15) is 42.6 Å². The van der Waals surface area contributed by atoms with Crippen LogP contribution in [0.2, 0.25) is 5.02 Å². The first kappa shape index (κ1) is 15.9. The fourth-order valence-corrected chi connectivity index (χ4v) is 2.75. The summed E-state index contributed by atoms with van der Waals surface area (Å²) in [5, 5.41) is 0.791. The SMILES string of the molecule is Cc1cc(Cl)c(C(C)C)cc1OC(CN)c1ccccc1. The van der Waals surface area contributed by atoms with Gasteiger partial charge in [-0.2, -0.15) is 0 Å². The molecule has 21 heavy (non-hydrogen) atoms. The van der Waals surface area contributed by atoms with Crippen molar-refractivity contribution in [3.05, 3.63) is 64.2 Å². The van der Waals surface area contributed by atoms with Crippen molar-refractivity contribution in [3.63, 3.8) is 0 Å². The molecular formula is C18H22ClNO. The van der Waals surface area contributed by atoms with E-state index in [-0.39, 0.29) is 6.10 Å². The summed E-state index contributed by atoms with van der Waals surface area (Å²) in [5.41, 5.74) is 9.09. The van der Waals surface area contributed by atoms with Crippen molar-refractivity contribution in [2.45, 2.75) is 32.8 Å². The van der Waals surface area contributed by atoms with Crippen molar-refractivity contribution in [3.8, 4) is 5.75 Å². The van der Waals surface area contributed by atoms with E-state index in [0.29, 0.717) is 12.5 Å². The molecule has 0 aliphatic rings. The van der Waals surface area contributed by atoms with Gasteiger partial charge in [0.05, 0.1) is 0 Å². The number of hydrogen-bond donors (Lipinski definition) is 1. The van der Waals surface area contributed by atoms with E-state index in [0.717, 1.165) is 27.5 Å². The first-order valence-electron chi connectivity index (χ1n) is 7.24. The predicted octanol–water partition coefficient (Wildman–Crippen LogP) is 4.85. The van der Waals surface area contributed by atoms with Gasteiger partial charge in [-0.3, -0.25) is 0 Å². The fourth-order valence-electron chi connectivity index (χ4n) is 2.31. The molecule has 112 valence electrons. The zero-order valence-electron chi connectivity index (χ0n) is 12.8. The largest absolute Gasteiger partial charge is 0.484 e. The smallest absolute Gasteiger partial charge is 0.136 e. The van der Waals surface area contributed by atoms with Gasteiger partial charge in [0.1, 0.15) is 11.9 Å². The van der Waals surface area contributed by atoms with Crippen LogP contribution in [0.15, 0.2) is 42.5 Å². The van der Waals surface area contributed by atoms with Crippen LogP contribution in [0.5, 0.6) is 5.75 Å². The number of ether oxygens (including phenoxy) is 1. The molecule has 1 atom stereocenters. The van der Waals surface area contributed by atoms with Gasteiger partial charge >= 0.3 is 0 Å². The normalized spacial score (nSPS) is 12.5. The number of aryl methyl sites for hydroxylation is 1. The third-order valence-corrected chi connectivity index (χ3v) is 3.90. The molecule has 2 aromatic carbocycles. The lowest BCUT2D eigenvalue weighted by Crippen LogP contribution is -2.18. The molecule has 0 bridgehead atoms. The van der Waals surface area contributed by atoms with Crippen molar-refractivity contribution in [2.75, 3.05) is 6.54 Å². The molecule has 0 heterocycles. The minimum Gasteiger partial charge on any atom is -0.484 e. The second-order valence-electron chi connectivity index (χ2n) is 5.55. The first-order valence-corrected chi connectivity index (χ1v) is 7.62. The molecule has 0 saturated carbocycles. The second kappa shape index (κ2) is 6.97. The number of hydrogen-bond acceptors (Lipinski definition) is 2. The van der Waals surface area contributed by atoms with E-state index in [2.05, 4.69) is 13.8 Å². The summed E-state index contributed by atoms with van der Waals surface area (Å²) in [5.74, 6) is 1.20. The van der Waals surface area contributed by atoms with Gasteiger partial charge < -0.3 is 10.5 Å². The Labute approximate surface area is 131 Å². The van der Waals surface area contributed by atoms with E-state index in [1.165, 1.54) is 0 Å². The number of benzene rings is 2. The molecule has 0 aliphatic carbocycles. The van der Waals surface area contributed by atoms with E-state index < -0.39 is 0 Å². The van der Waals surface area contributed by atoms with E-state index in [1.807, 2.05) is 49.4 Å². The molecule has 0 radical (unpaired) electrons. The zero-order chi connectivity index (χ0) is 15.4. The highest BCUT2D eigenvalue weighted by molar-refractivity contribution is 6.31. The van der Waals surface area contributed by atoms with Gasteiger partial charge in [-0.15, -0.1) is 0 Å². The van der Waals surface area contributed by atoms with Crippen LogP contribution in [0.3, 0.4) is 0 Å². The van der Waals surface area contributed by atoms with Crippen LogP contribution in [0.25, 0.3) is 0 Å². The molecule has 2 aromatic rings. The first-order chi connectivity index (χ1) is 10.0. The van der Waals surface area contributed by atoms with Crippen LogP contribution >= 0.6 is 11.6 Å². The van der Waals surface area contributed by atoms with Gasteiger partial charge in [-0.05, 0) is 41.7 Å². The van der Waals surface area contributed by atoms with Gasteiger partial charge in [0.2, 0.25) is 0 Å². The van der Waals surface area contributed by atoms with Crippen molar-refractivity contribution >= 4 is 11.6 Å². The third-order valence-electron chi connectivity index (χ3n) is 3.57. The average Bonchev–Trinajstić information content (AvgIpc) is 2.47. The van der Waals surface area contributed by atoms with Crippen molar-refractivity contribution < 1.29 is 4.74 Å². The van der Waals surface area contributed by atoms with Crippen molar-refractivity contribution in [1.29, 1.82) is 0 Å². The standard InChI is InChI=1S/C18H22ClNO/c1-12(2)15-10-17(13(3)9-16(15)19)21-18(11-20)14-7-5-4-6-8-14/h4-10,12,18H,11,20H2,1-3H3. The Morgan fingerprint density at radius 2 is 1.81 bits per heavy atom. The van der Waals surface area contributed by atoms with Crippen LogP contribution in [-0.4, -0.2) is 6.54 Å². The molecule has 0 saturated heterocycles. The highest BCUT2D eigenvalue weighted by atomic mass is 35.5. The van der Waals surface area contributed by atoms with Crippen LogP contribution < -0.4 is 10.5 Å². The molecule has 3 heteroatoms. The van der Waals surface area contributed by atoms with Gasteiger partial charge in [0, 0.05) is 11.6 Å². The lowest BCUT2D eigenvalue weighted by molar-refractivity contribution is 0.212. The molecule has 0 amide bonds. The molecule has 1 unspecified atom stereocenters. The molecule has 0 fully saturated rings. The van der Waals surface area contributed by atoms with Gasteiger partial charge in [-0.1, -0.05) is 55.8 Å². The van der Waals surface area contributed by atoms with Crippen LogP contribution in [0, 0.1) is 6.92 Å². The second-order valence-corrected chi connectivity index (χ2v) is 5.95. The van der Waals surface area contributed by atoms with E-state index in [1.54, 1.807) is 0 Å². The highest BCUT2D eigenvalue weighted by Gasteiger charge is 2.15. The monoisotopic (exact) mass is 303 g/mol. The molecule has 0 aromatic heterocycles. The quantitative estimate of drug-likeness (QED) is 0.857. The summed E-state index contributed by atoms with van der Waals surface area (Å²) >= 11 is 6.30. The summed E-state index contributed by atoms with van der Waals surface area (Å²) in [6.07, 6.45) is -0.147. The lowest BCUT2D eigenvalue weighted by Gasteiger charge is -2.21. The van der Waals surface area contributed by atoms with E-state index in [9.17, 15) is 0 Å². The minimum absolute atomic E-state index is 0.147. The van der Waals surface area contributed by atoms with Crippen molar-refractivity contribution in [2.24, 2.45) is 5.73 Å². The third kappa shape index (κ3) is 3.78. The summed E-state index contributed by atoms with van der Waals surface area (Å²) in [7, 11) is 0. The maximum atomic E-state index is 6.30. The maximum absolute atomic E-state index is 6.30. The Balaban J connectivity index is 2.31. The average molecular weight is 304 g/mol. The molecule has 0 aliphatic heterocycles. The Morgan fingerprint density at radius 3 is 2.38 bits per heavy atom. The van der Waals surface area contributed by atoms with Gasteiger partial charge in [-0.25, -0.2) is 0 Å². The molecule has 2 N–H and O–H groups in total. The molecule has 0 spiro atoms. The summed E-state index contributed by atoms with van der Waals surface area (Å²) in [6, 6.07) is 14.0. The molecule has 2 nitrogen and oxygen atoms in total. The van der Waals surface area contributed by atoms with E-state index in [4.69, 9.17) is 22.1 Å². The van der Waals surface area contributed by atoms with Crippen molar-refractivity contribution in [1.82, 2.24) is 0 Å². The Morgan fingerprint density at radius 1 is 1.14 bits per heavy atom. The number of rotatable bonds is 5. The predicted molar refractivity (Wildman–Crippen MR) is 89.1 cm³/mol. The van der Waals surface area contributed by atoms with Crippen LogP contribution in [0.4, 0.5) is 0 Å². The summed E-state index contributed by atoms with van der Waals surface area (Å²) in [4.78, 5) is 0. The summed E-state index contributed by atoms with van der Waals surface area (Å²) in [6.45, 7) is 6.68. The fraction of sp³-hybridized carbons (Fsp3) is 0.333. The lowest BCUT2D eigenvalue weighted by atomic mass is 10.0. The van der Waals surface area contributed by atoms with E-state index >= 15 is 0 Å². The maximum Gasteiger partial charge on any atom is 0.136 e. The highest BCUT2D eigenvalue weighted by Crippen LogP contribution is 2.33. The summed E-state index contributed by atoms with van der Waals surface area (Å²) < 4.78 is 6.14. The Hall–Kier alpha value is -1.51. The van der Waals surface area contributed by atoms with Crippen LogP contribution in [-0.2, 0) is 0 Å². The Bertz CT molecular complexity index is 596. The molecule has 2 rings (SSSR count). The topological polar surface area (TPSA) is 35.2 Å². The number of halogens is 1. The van der Waals surface area contributed by atoms with Gasteiger partial charge in [0.15, 0.2) is 0 Å².